The van der Waals surface area contributed by atoms with E-state index in [1.165, 1.54) is 20.0 Å². The molecule has 1 N–H and O–H groups in total. The van der Waals surface area contributed by atoms with Crippen molar-refractivity contribution < 1.29 is 14.6 Å². The summed E-state index contributed by atoms with van der Waals surface area (Å²) in [4.78, 5) is 20.7. The molecular formula is C15H21N3O3. The molecule has 21 heavy (non-hydrogen) atoms. The van der Waals surface area contributed by atoms with Gasteiger partial charge in [0.15, 0.2) is 0 Å². The first-order valence-corrected chi connectivity index (χ1v) is 7.41. The fraction of sp³-hybridized carbons (Fsp3) is 0.600. The molecule has 6 heteroatoms. The smallest absolute Gasteiger partial charge is 0.259 e. The molecule has 3 heterocycles. The predicted molar refractivity (Wildman–Crippen MR) is 77.3 cm³/mol. The number of hydrogen-bond donors (Lipinski definition) is 1. The van der Waals surface area contributed by atoms with Gasteiger partial charge in [-0.25, -0.2) is 4.98 Å². The van der Waals surface area contributed by atoms with E-state index >= 15 is 0 Å². The topological polar surface area (TPSA) is 65.9 Å². The van der Waals surface area contributed by atoms with Gasteiger partial charge < -0.3 is 14.7 Å². The third kappa shape index (κ3) is 2.73. The zero-order chi connectivity index (χ0) is 14.8. The highest BCUT2D eigenvalue weighted by atomic mass is 16.5. The fourth-order valence-corrected chi connectivity index (χ4v) is 3.25. The highest BCUT2D eigenvalue weighted by molar-refractivity contribution is 5.96. The van der Waals surface area contributed by atoms with Crippen LogP contribution < -0.4 is 4.74 Å². The van der Waals surface area contributed by atoms with E-state index < -0.39 is 6.10 Å². The van der Waals surface area contributed by atoms with Crippen LogP contribution in [0, 0.1) is 0 Å². The fourth-order valence-electron chi connectivity index (χ4n) is 3.25. The van der Waals surface area contributed by atoms with E-state index in [1.54, 1.807) is 23.2 Å². The van der Waals surface area contributed by atoms with Crippen LogP contribution in [0.4, 0.5) is 0 Å². The average Bonchev–Trinajstić information content (AvgIpc) is 3.15. The van der Waals surface area contributed by atoms with E-state index in [9.17, 15) is 9.90 Å². The predicted octanol–water partition coefficient (Wildman–Crippen LogP) is 0.371. The molecule has 0 aliphatic carbocycles. The van der Waals surface area contributed by atoms with E-state index in [1.807, 2.05) is 0 Å². The van der Waals surface area contributed by atoms with E-state index in [0.717, 1.165) is 13.1 Å². The molecule has 1 aromatic rings. The largest absolute Gasteiger partial charge is 0.480 e. The van der Waals surface area contributed by atoms with Gasteiger partial charge in [0, 0.05) is 19.3 Å². The molecule has 2 saturated heterocycles. The summed E-state index contributed by atoms with van der Waals surface area (Å²) in [7, 11) is 1.50. The molecule has 114 valence electrons. The average molecular weight is 291 g/mol. The molecule has 0 saturated carbocycles. The van der Waals surface area contributed by atoms with Gasteiger partial charge in [-0.05, 0) is 38.1 Å². The third-order valence-electron chi connectivity index (χ3n) is 4.35. The van der Waals surface area contributed by atoms with Crippen LogP contribution in [0.25, 0.3) is 0 Å². The number of aliphatic hydroxyl groups excluding tert-OH is 1. The molecule has 2 aliphatic heterocycles. The number of likely N-dealkylation sites (tertiary alicyclic amines) is 2. The number of carbonyl (C=O) groups is 1. The zero-order valence-electron chi connectivity index (χ0n) is 12.2. The molecule has 3 rings (SSSR count). The van der Waals surface area contributed by atoms with E-state index in [2.05, 4.69) is 9.88 Å². The summed E-state index contributed by atoms with van der Waals surface area (Å²) in [6, 6.07) is 3.49. The Morgan fingerprint density at radius 2 is 2.14 bits per heavy atom. The summed E-state index contributed by atoms with van der Waals surface area (Å²) in [6.45, 7) is 2.97. The number of amides is 1. The van der Waals surface area contributed by atoms with Crippen molar-refractivity contribution in [2.24, 2.45) is 0 Å². The lowest BCUT2D eigenvalue weighted by Gasteiger charge is -2.25. The number of aliphatic hydroxyl groups is 1. The van der Waals surface area contributed by atoms with Crippen LogP contribution in [-0.4, -0.2) is 71.2 Å². The van der Waals surface area contributed by atoms with Gasteiger partial charge >= 0.3 is 0 Å². The van der Waals surface area contributed by atoms with E-state index in [0.29, 0.717) is 24.5 Å². The maximum atomic E-state index is 12.6. The molecule has 0 bridgehead atoms. The van der Waals surface area contributed by atoms with Gasteiger partial charge in [0.25, 0.3) is 5.91 Å². The Labute approximate surface area is 124 Å². The minimum Gasteiger partial charge on any atom is -0.480 e. The molecule has 2 atom stereocenters. The Hall–Kier alpha value is -1.66. The summed E-state index contributed by atoms with van der Waals surface area (Å²) in [6.07, 6.45) is 3.47. The highest BCUT2D eigenvalue weighted by Gasteiger charge is 2.39. The van der Waals surface area contributed by atoms with Gasteiger partial charge in [0.2, 0.25) is 5.88 Å². The second-order valence-electron chi connectivity index (χ2n) is 5.65. The number of aromatic nitrogens is 1. The summed E-state index contributed by atoms with van der Waals surface area (Å²) in [5.74, 6) is 0.210. The first kappa shape index (κ1) is 14.3. The molecule has 2 aliphatic rings. The Morgan fingerprint density at radius 3 is 2.86 bits per heavy atom. The molecule has 6 nitrogen and oxygen atoms in total. The number of ether oxygens (including phenoxy) is 1. The molecular weight excluding hydrogens is 270 g/mol. The third-order valence-corrected chi connectivity index (χ3v) is 4.35. The Kier molecular flexibility index (Phi) is 4.07. The molecule has 0 aromatic carbocycles. The molecule has 2 fully saturated rings. The summed E-state index contributed by atoms with van der Waals surface area (Å²) in [5, 5.41) is 10.3. The van der Waals surface area contributed by atoms with Crippen molar-refractivity contribution in [1.82, 2.24) is 14.8 Å². The Morgan fingerprint density at radius 1 is 1.38 bits per heavy atom. The lowest BCUT2D eigenvalue weighted by molar-refractivity contribution is 0.0759. The quantitative estimate of drug-likeness (QED) is 0.871. The van der Waals surface area contributed by atoms with Crippen LogP contribution in [0.1, 0.15) is 23.2 Å². The standard InChI is InChI=1S/C15H21N3O3/c1-21-14-11(5-4-6-16-14)15(20)18-9-12(13(19)10-18)17-7-2-3-8-17/h4-6,12-13,19H,2-3,7-10H2,1H3/t12-,13-/m1/s1. The van der Waals surface area contributed by atoms with Crippen molar-refractivity contribution in [1.29, 1.82) is 0 Å². The van der Waals surface area contributed by atoms with Gasteiger partial charge in [0.1, 0.15) is 5.56 Å². The number of pyridine rings is 1. The number of methoxy groups -OCH3 is 1. The molecule has 0 unspecified atom stereocenters. The Bertz CT molecular complexity index is 517. The van der Waals surface area contributed by atoms with E-state index in [4.69, 9.17) is 4.74 Å². The van der Waals surface area contributed by atoms with Gasteiger partial charge in [-0.3, -0.25) is 9.69 Å². The second kappa shape index (κ2) is 5.99. The zero-order valence-corrected chi connectivity index (χ0v) is 12.2. The van der Waals surface area contributed by atoms with E-state index in [-0.39, 0.29) is 11.9 Å². The van der Waals surface area contributed by atoms with Crippen molar-refractivity contribution in [3.8, 4) is 5.88 Å². The van der Waals surface area contributed by atoms with Crippen LogP contribution in [0.3, 0.4) is 0 Å². The maximum Gasteiger partial charge on any atom is 0.259 e. The van der Waals surface area contributed by atoms with Crippen LogP contribution in [0.15, 0.2) is 18.3 Å². The highest BCUT2D eigenvalue weighted by Crippen LogP contribution is 2.24. The van der Waals surface area contributed by atoms with Crippen molar-refractivity contribution >= 4 is 5.91 Å². The molecule has 0 radical (unpaired) electrons. The second-order valence-corrected chi connectivity index (χ2v) is 5.65. The van der Waals surface area contributed by atoms with Crippen LogP contribution in [-0.2, 0) is 0 Å². The normalized spacial score (nSPS) is 26.3. The molecule has 1 amide bonds. The number of nitrogens with zero attached hydrogens (tertiary/aromatic N) is 3. The van der Waals surface area contributed by atoms with Gasteiger partial charge in [-0.1, -0.05) is 0 Å². The molecule has 1 aromatic heterocycles. The minimum absolute atomic E-state index is 0.0547. The van der Waals surface area contributed by atoms with Crippen molar-refractivity contribution in [3.05, 3.63) is 23.9 Å². The SMILES string of the molecule is COc1ncccc1C(=O)N1C[C@@H](O)[C@H](N2CCCC2)C1. The number of carbonyl (C=O) groups excluding carboxylic acids is 1. The lowest BCUT2D eigenvalue weighted by Crippen LogP contribution is -2.41. The van der Waals surface area contributed by atoms with Gasteiger partial charge in [-0.15, -0.1) is 0 Å². The van der Waals surface area contributed by atoms with Crippen molar-refractivity contribution in [2.45, 2.75) is 25.0 Å². The van der Waals surface area contributed by atoms with Crippen molar-refractivity contribution in [2.75, 3.05) is 33.3 Å². The van der Waals surface area contributed by atoms with Gasteiger partial charge in [-0.2, -0.15) is 0 Å². The van der Waals surface area contributed by atoms with Crippen LogP contribution >= 0.6 is 0 Å². The first-order chi connectivity index (χ1) is 10.2. The summed E-state index contributed by atoms with van der Waals surface area (Å²) >= 11 is 0. The monoisotopic (exact) mass is 291 g/mol. The minimum atomic E-state index is -0.477. The van der Waals surface area contributed by atoms with Crippen molar-refractivity contribution in [3.63, 3.8) is 0 Å². The maximum absolute atomic E-state index is 12.6. The van der Waals surface area contributed by atoms with Gasteiger partial charge in [0.05, 0.1) is 19.3 Å². The summed E-state index contributed by atoms with van der Waals surface area (Å²) < 4.78 is 5.15. The Balaban J connectivity index is 1.74. The lowest BCUT2D eigenvalue weighted by atomic mass is 10.2. The van der Waals surface area contributed by atoms with Crippen LogP contribution in [0.2, 0.25) is 0 Å². The number of hydrogen-bond acceptors (Lipinski definition) is 5. The van der Waals surface area contributed by atoms with Crippen LogP contribution in [0.5, 0.6) is 5.88 Å². The number of rotatable bonds is 3. The molecule has 0 spiro atoms. The first-order valence-electron chi connectivity index (χ1n) is 7.41. The number of β-amino-alcohol motifs (C(OH)–C–C–N with tert-alkyl or cyclic N) is 1. The summed E-state index contributed by atoms with van der Waals surface area (Å²) in [5.41, 5.74) is 0.453.